The lowest BCUT2D eigenvalue weighted by Crippen LogP contribution is -3.00. The predicted molar refractivity (Wildman–Crippen MR) is 67.5 cm³/mol. The molecule has 0 atom stereocenters. The molecule has 0 heterocycles. The molecule has 0 fully saturated rings. The summed E-state index contributed by atoms with van der Waals surface area (Å²) in [4.78, 5) is 23.6. The van der Waals surface area contributed by atoms with Gasteiger partial charge in [0.25, 0.3) is 0 Å². The summed E-state index contributed by atoms with van der Waals surface area (Å²) in [7, 11) is 0. The molecule has 0 saturated heterocycles. The molecule has 2 aromatic rings. The van der Waals surface area contributed by atoms with Crippen molar-refractivity contribution in [2.45, 2.75) is 0 Å². The van der Waals surface area contributed by atoms with Crippen LogP contribution in [0.25, 0.3) is 0 Å². The van der Waals surface area contributed by atoms with E-state index in [2.05, 4.69) is 0 Å². The molecule has 0 aliphatic rings. The first-order valence-corrected chi connectivity index (χ1v) is 4.98. The van der Waals surface area contributed by atoms with E-state index in [0.29, 0.717) is 11.1 Å². The lowest BCUT2D eigenvalue weighted by Gasteiger charge is -1.99. The molecule has 2 rings (SSSR count). The van der Waals surface area contributed by atoms with Crippen molar-refractivity contribution in [1.82, 2.24) is 6.15 Å². The Bertz CT molecular complexity index is 462. The van der Waals surface area contributed by atoms with E-state index < -0.39 is 11.6 Å². The number of rotatable bonds is 3. The quantitative estimate of drug-likeness (QED) is 0.632. The molecule has 0 amide bonds. The molecule has 0 saturated carbocycles. The van der Waals surface area contributed by atoms with Crippen molar-refractivity contribution in [3.63, 3.8) is 0 Å². The van der Waals surface area contributed by atoms with Crippen LogP contribution in [-0.2, 0) is 0 Å². The van der Waals surface area contributed by atoms with Gasteiger partial charge in [-0.1, -0.05) is 60.7 Å². The second kappa shape index (κ2) is 7.37. The van der Waals surface area contributed by atoms with Gasteiger partial charge in [0.05, 0.1) is 0 Å². The van der Waals surface area contributed by atoms with Crippen LogP contribution in [0.1, 0.15) is 20.7 Å². The largest absolute Gasteiger partial charge is 1.00 e. The van der Waals surface area contributed by atoms with E-state index in [1.165, 1.54) is 0 Å². The maximum atomic E-state index is 11.8. The Morgan fingerprint density at radius 1 is 0.611 bits per heavy atom. The molecular formula is C14H14ClNO2. The van der Waals surface area contributed by atoms with Gasteiger partial charge in [0.1, 0.15) is 0 Å². The maximum absolute atomic E-state index is 11.8. The number of hydrogen-bond donors (Lipinski definition) is 1. The van der Waals surface area contributed by atoms with Crippen LogP contribution in [0.15, 0.2) is 60.7 Å². The van der Waals surface area contributed by atoms with Gasteiger partial charge in [-0.3, -0.25) is 9.59 Å². The number of hydrogen-bond acceptors (Lipinski definition) is 2. The van der Waals surface area contributed by atoms with Crippen LogP contribution in [-0.4, -0.2) is 11.6 Å². The fourth-order valence-electron chi connectivity index (χ4n) is 1.44. The van der Waals surface area contributed by atoms with Crippen molar-refractivity contribution in [3.8, 4) is 0 Å². The van der Waals surface area contributed by atoms with E-state index in [9.17, 15) is 9.59 Å². The van der Waals surface area contributed by atoms with Crippen LogP contribution in [0.4, 0.5) is 0 Å². The Balaban J connectivity index is 0.00000144. The summed E-state index contributed by atoms with van der Waals surface area (Å²) in [6.07, 6.45) is 0. The maximum Gasteiger partial charge on any atom is 0.233 e. The molecule has 4 N–H and O–H groups in total. The van der Waals surface area contributed by atoms with Gasteiger partial charge >= 0.3 is 0 Å². The number of benzene rings is 2. The van der Waals surface area contributed by atoms with Gasteiger partial charge in [-0.25, -0.2) is 0 Å². The van der Waals surface area contributed by atoms with Crippen LogP contribution in [0.5, 0.6) is 0 Å². The highest BCUT2D eigenvalue weighted by molar-refractivity contribution is 6.49. The first kappa shape index (κ1) is 16.0. The summed E-state index contributed by atoms with van der Waals surface area (Å²) >= 11 is 0. The molecule has 0 aliphatic heterocycles. The molecule has 0 bridgehead atoms. The average molecular weight is 264 g/mol. The van der Waals surface area contributed by atoms with Gasteiger partial charge in [0, 0.05) is 11.1 Å². The van der Waals surface area contributed by atoms with E-state index in [4.69, 9.17) is 0 Å². The summed E-state index contributed by atoms with van der Waals surface area (Å²) < 4.78 is 0. The molecular weight excluding hydrogens is 250 g/mol. The monoisotopic (exact) mass is 263 g/mol. The minimum atomic E-state index is -0.466. The SMILES string of the molecule is O=C(C(=O)c1ccccc1)c1ccccc1.[Cl-].[NH4+]. The van der Waals surface area contributed by atoms with Crippen molar-refractivity contribution in [2.75, 3.05) is 0 Å². The number of carbonyl (C=O) groups excluding carboxylic acids is 2. The molecule has 0 aliphatic carbocycles. The first-order chi connectivity index (χ1) is 7.79. The van der Waals surface area contributed by atoms with Gasteiger partial charge in [-0.2, -0.15) is 0 Å². The summed E-state index contributed by atoms with van der Waals surface area (Å²) in [6, 6.07) is 17.2. The lowest BCUT2D eigenvalue weighted by molar-refractivity contribution is -0.0000151. The zero-order valence-corrected chi connectivity index (χ0v) is 10.7. The second-order valence-corrected chi connectivity index (χ2v) is 3.39. The number of ketones is 2. The van der Waals surface area contributed by atoms with Gasteiger partial charge in [0.2, 0.25) is 11.6 Å². The molecule has 2 aromatic carbocycles. The average Bonchev–Trinajstić information content (AvgIpc) is 2.39. The van der Waals surface area contributed by atoms with Crippen LogP contribution < -0.4 is 18.6 Å². The van der Waals surface area contributed by atoms with Crippen molar-refractivity contribution in [3.05, 3.63) is 71.8 Å². The van der Waals surface area contributed by atoms with Crippen LogP contribution in [0.2, 0.25) is 0 Å². The van der Waals surface area contributed by atoms with Crippen molar-refractivity contribution >= 4 is 11.6 Å². The van der Waals surface area contributed by atoms with Gasteiger partial charge in [-0.15, -0.1) is 0 Å². The summed E-state index contributed by atoms with van der Waals surface area (Å²) in [5, 5.41) is 0. The Labute approximate surface area is 112 Å². The molecule has 18 heavy (non-hydrogen) atoms. The Kier molecular flexibility index (Phi) is 6.57. The number of carbonyl (C=O) groups is 2. The normalized spacial score (nSPS) is 8.67. The molecule has 0 aromatic heterocycles. The lowest BCUT2D eigenvalue weighted by atomic mass is 10.0. The Morgan fingerprint density at radius 2 is 0.889 bits per heavy atom. The number of halogens is 1. The standard InChI is InChI=1S/C14H10O2.ClH.H3N/c15-13(11-7-3-1-4-8-11)14(16)12-9-5-2-6-10-12;;/h1-10H;1H;1H3. The van der Waals surface area contributed by atoms with E-state index in [1.54, 1.807) is 48.5 Å². The predicted octanol–water partition coefficient (Wildman–Crippen LogP) is 0.132. The minimum absolute atomic E-state index is 0. The Hall–Kier alpha value is -1.97. The van der Waals surface area contributed by atoms with E-state index in [1.807, 2.05) is 12.1 Å². The van der Waals surface area contributed by atoms with Gasteiger partial charge in [-0.05, 0) is 0 Å². The van der Waals surface area contributed by atoms with E-state index in [0.717, 1.165) is 0 Å². The first-order valence-electron chi connectivity index (χ1n) is 4.98. The summed E-state index contributed by atoms with van der Waals surface area (Å²) in [5.74, 6) is -0.932. The fraction of sp³-hybridized carbons (Fsp3) is 0. The number of Topliss-reactive ketones (excluding diaryl/α,β-unsaturated/α-hetero) is 2. The van der Waals surface area contributed by atoms with Crippen LogP contribution in [0, 0.1) is 0 Å². The van der Waals surface area contributed by atoms with Gasteiger partial charge < -0.3 is 18.6 Å². The van der Waals surface area contributed by atoms with Gasteiger partial charge in [0.15, 0.2) is 0 Å². The smallest absolute Gasteiger partial charge is 0.233 e. The third-order valence-corrected chi connectivity index (χ3v) is 2.28. The second-order valence-electron chi connectivity index (χ2n) is 3.39. The highest BCUT2D eigenvalue weighted by atomic mass is 35.5. The Morgan fingerprint density at radius 3 is 1.17 bits per heavy atom. The highest BCUT2D eigenvalue weighted by Crippen LogP contribution is 2.07. The third-order valence-electron chi connectivity index (χ3n) is 2.28. The number of quaternary nitrogens is 1. The highest BCUT2D eigenvalue weighted by Gasteiger charge is 2.16. The van der Waals surface area contributed by atoms with Crippen molar-refractivity contribution in [1.29, 1.82) is 0 Å². The zero-order chi connectivity index (χ0) is 11.4. The molecule has 94 valence electrons. The summed E-state index contributed by atoms with van der Waals surface area (Å²) in [5.41, 5.74) is 0.854. The topological polar surface area (TPSA) is 70.6 Å². The molecule has 4 heteroatoms. The zero-order valence-electron chi connectivity index (χ0n) is 9.97. The minimum Gasteiger partial charge on any atom is -1.00 e. The van der Waals surface area contributed by atoms with Crippen molar-refractivity contribution < 1.29 is 22.0 Å². The van der Waals surface area contributed by atoms with Crippen LogP contribution >= 0.6 is 0 Å². The fourth-order valence-corrected chi connectivity index (χ4v) is 1.44. The molecule has 0 unspecified atom stereocenters. The van der Waals surface area contributed by atoms with Crippen molar-refractivity contribution in [2.24, 2.45) is 0 Å². The molecule has 0 radical (unpaired) electrons. The van der Waals surface area contributed by atoms with Crippen LogP contribution in [0.3, 0.4) is 0 Å². The van der Waals surface area contributed by atoms with E-state index in [-0.39, 0.29) is 18.6 Å². The molecule has 3 nitrogen and oxygen atoms in total. The summed E-state index contributed by atoms with van der Waals surface area (Å²) in [6.45, 7) is 0. The molecule has 0 spiro atoms. The third kappa shape index (κ3) is 3.52. The van der Waals surface area contributed by atoms with E-state index >= 15 is 0 Å².